The number of pyridine rings is 1. The summed E-state index contributed by atoms with van der Waals surface area (Å²) in [6.45, 7) is 6.95. The van der Waals surface area contributed by atoms with Crippen LogP contribution in [0.2, 0.25) is 0 Å². The van der Waals surface area contributed by atoms with Gasteiger partial charge in [0.2, 0.25) is 5.88 Å². The summed E-state index contributed by atoms with van der Waals surface area (Å²) in [6.07, 6.45) is 9.12. The van der Waals surface area contributed by atoms with Gasteiger partial charge in [-0.05, 0) is 44.3 Å². The van der Waals surface area contributed by atoms with Crippen molar-refractivity contribution in [3.63, 3.8) is 0 Å². The average Bonchev–Trinajstić information content (AvgIpc) is 2.98. The van der Waals surface area contributed by atoms with Gasteiger partial charge < -0.3 is 4.74 Å². The molecule has 1 atom stereocenters. The minimum atomic E-state index is -3.04. The Morgan fingerprint density at radius 1 is 1.39 bits per heavy atom. The SMILES string of the molecule is C=CCCC(CN1CCCC1)Oc1ccc(CS(C)(=O)=O)cn1. The highest BCUT2D eigenvalue weighted by atomic mass is 32.2. The van der Waals surface area contributed by atoms with Crippen LogP contribution in [0.4, 0.5) is 0 Å². The fourth-order valence-electron chi connectivity index (χ4n) is 2.78. The maximum atomic E-state index is 11.3. The lowest BCUT2D eigenvalue weighted by molar-refractivity contribution is 0.134. The molecule has 1 aromatic rings. The van der Waals surface area contributed by atoms with Crippen molar-refractivity contribution in [1.29, 1.82) is 0 Å². The monoisotopic (exact) mass is 338 g/mol. The van der Waals surface area contributed by atoms with Gasteiger partial charge >= 0.3 is 0 Å². The minimum absolute atomic E-state index is 0.00789. The summed E-state index contributed by atoms with van der Waals surface area (Å²) >= 11 is 0. The highest BCUT2D eigenvalue weighted by Crippen LogP contribution is 2.16. The predicted molar refractivity (Wildman–Crippen MR) is 92.3 cm³/mol. The molecule has 2 heterocycles. The van der Waals surface area contributed by atoms with Gasteiger partial charge in [-0.25, -0.2) is 13.4 Å². The third kappa shape index (κ3) is 6.71. The summed E-state index contributed by atoms with van der Waals surface area (Å²) in [6, 6.07) is 3.52. The first-order valence-corrected chi connectivity index (χ1v) is 10.1. The lowest BCUT2D eigenvalue weighted by Crippen LogP contribution is -2.34. The highest BCUT2D eigenvalue weighted by molar-refractivity contribution is 7.89. The molecule has 0 aliphatic carbocycles. The van der Waals surface area contributed by atoms with Crippen LogP contribution in [-0.4, -0.2) is 50.3 Å². The summed E-state index contributed by atoms with van der Waals surface area (Å²) in [7, 11) is -3.04. The smallest absolute Gasteiger partial charge is 0.213 e. The Balaban J connectivity index is 1.95. The second kappa shape index (κ2) is 8.45. The van der Waals surface area contributed by atoms with E-state index in [1.807, 2.05) is 6.08 Å². The third-order valence-electron chi connectivity index (χ3n) is 3.87. The number of allylic oxidation sites excluding steroid dienone is 1. The van der Waals surface area contributed by atoms with Crippen molar-refractivity contribution in [2.24, 2.45) is 0 Å². The Kier molecular flexibility index (Phi) is 6.59. The van der Waals surface area contributed by atoms with Crippen molar-refractivity contribution >= 4 is 9.84 Å². The molecule has 1 aromatic heterocycles. The van der Waals surface area contributed by atoms with Crippen LogP contribution < -0.4 is 4.74 Å². The fourth-order valence-corrected chi connectivity index (χ4v) is 3.56. The van der Waals surface area contributed by atoms with E-state index in [0.29, 0.717) is 11.4 Å². The Labute approximate surface area is 139 Å². The van der Waals surface area contributed by atoms with E-state index in [4.69, 9.17) is 4.74 Å². The number of hydrogen-bond acceptors (Lipinski definition) is 5. The van der Waals surface area contributed by atoms with Crippen molar-refractivity contribution in [1.82, 2.24) is 9.88 Å². The van der Waals surface area contributed by atoms with Crippen molar-refractivity contribution in [3.8, 4) is 5.88 Å². The van der Waals surface area contributed by atoms with E-state index in [1.165, 1.54) is 19.1 Å². The molecule has 0 bridgehead atoms. The van der Waals surface area contributed by atoms with Crippen molar-refractivity contribution in [2.45, 2.75) is 37.5 Å². The van der Waals surface area contributed by atoms with Gasteiger partial charge in [0.15, 0.2) is 9.84 Å². The molecular formula is C17H26N2O3S. The molecule has 1 aliphatic heterocycles. The Bertz CT molecular complexity index is 593. The lowest BCUT2D eigenvalue weighted by Gasteiger charge is -2.23. The van der Waals surface area contributed by atoms with Gasteiger partial charge in [-0.2, -0.15) is 0 Å². The molecule has 1 fully saturated rings. The maximum absolute atomic E-state index is 11.3. The fraction of sp³-hybridized carbons (Fsp3) is 0.588. The van der Waals surface area contributed by atoms with Crippen molar-refractivity contribution < 1.29 is 13.2 Å². The largest absolute Gasteiger partial charge is 0.473 e. The first-order valence-electron chi connectivity index (χ1n) is 8.09. The first-order chi connectivity index (χ1) is 11.0. The summed E-state index contributed by atoms with van der Waals surface area (Å²) in [4.78, 5) is 6.68. The number of likely N-dealkylation sites (tertiary alicyclic amines) is 1. The summed E-state index contributed by atoms with van der Waals surface area (Å²) in [5, 5.41) is 0. The molecule has 0 amide bonds. The molecule has 0 saturated carbocycles. The van der Waals surface area contributed by atoms with Crippen LogP contribution in [-0.2, 0) is 15.6 Å². The molecule has 5 nitrogen and oxygen atoms in total. The quantitative estimate of drug-likeness (QED) is 0.647. The topological polar surface area (TPSA) is 59.5 Å². The van der Waals surface area contributed by atoms with E-state index in [9.17, 15) is 8.42 Å². The Morgan fingerprint density at radius 3 is 2.70 bits per heavy atom. The van der Waals surface area contributed by atoms with Gasteiger partial charge in [-0.1, -0.05) is 12.1 Å². The van der Waals surface area contributed by atoms with Crippen LogP contribution in [0.15, 0.2) is 31.0 Å². The van der Waals surface area contributed by atoms with E-state index in [-0.39, 0.29) is 11.9 Å². The number of ether oxygens (including phenoxy) is 1. The molecule has 2 rings (SSSR count). The number of rotatable bonds is 9. The molecule has 1 unspecified atom stereocenters. The van der Waals surface area contributed by atoms with Crippen LogP contribution in [0, 0.1) is 0 Å². The zero-order valence-electron chi connectivity index (χ0n) is 13.8. The second-order valence-electron chi connectivity index (χ2n) is 6.19. The van der Waals surface area contributed by atoms with Gasteiger partial charge in [-0.15, -0.1) is 6.58 Å². The van der Waals surface area contributed by atoms with Crippen LogP contribution in [0.3, 0.4) is 0 Å². The van der Waals surface area contributed by atoms with E-state index in [2.05, 4.69) is 16.5 Å². The zero-order valence-corrected chi connectivity index (χ0v) is 14.6. The van der Waals surface area contributed by atoms with E-state index >= 15 is 0 Å². The number of aromatic nitrogens is 1. The average molecular weight is 338 g/mol. The number of sulfone groups is 1. The van der Waals surface area contributed by atoms with Crippen molar-refractivity contribution in [3.05, 3.63) is 36.5 Å². The molecule has 1 saturated heterocycles. The molecule has 0 radical (unpaired) electrons. The van der Waals surface area contributed by atoms with Crippen LogP contribution in [0.5, 0.6) is 5.88 Å². The van der Waals surface area contributed by atoms with Crippen LogP contribution >= 0.6 is 0 Å². The molecule has 6 heteroatoms. The standard InChI is InChI=1S/C17H26N2O3S/c1-3-4-7-16(13-19-10-5-6-11-19)22-17-9-8-15(12-18-17)14-23(2,20)21/h3,8-9,12,16H,1,4-7,10-11,13-14H2,2H3. The van der Waals surface area contributed by atoms with E-state index in [0.717, 1.165) is 32.5 Å². The molecule has 23 heavy (non-hydrogen) atoms. The van der Waals surface area contributed by atoms with Gasteiger partial charge in [0.05, 0.1) is 5.75 Å². The zero-order chi connectivity index (χ0) is 16.7. The number of hydrogen-bond donors (Lipinski definition) is 0. The maximum Gasteiger partial charge on any atom is 0.213 e. The first kappa shape index (κ1) is 17.9. The summed E-state index contributed by atoms with van der Waals surface area (Å²) in [5.74, 6) is 0.559. The molecule has 0 aromatic carbocycles. The minimum Gasteiger partial charge on any atom is -0.473 e. The van der Waals surface area contributed by atoms with Gasteiger partial charge in [0.25, 0.3) is 0 Å². The molecule has 0 spiro atoms. The van der Waals surface area contributed by atoms with E-state index in [1.54, 1.807) is 18.3 Å². The van der Waals surface area contributed by atoms with Crippen molar-refractivity contribution in [2.75, 3.05) is 25.9 Å². The predicted octanol–water partition coefficient (Wildman–Crippen LogP) is 2.44. The van der Waals surface area contributed by atoms with E-state index < -0.39 is 9.84 Å². The summed E-state index contributed by atoms with van der Waals surface area (Å²) in [5.41, 5.74) is 0.682. The Morgan fingerprint density at radius 2 is 2.13 bits per heavy atom. The molecule has 128 valence electrons. The van der Waals surface area contributed by atoms with Crippen LogP contribution in [0.25, 0.3) is 0 Å². The van der Waals surface area contributed by atoms with Gasteiger partial charge in [0.1, 0.15) is 6.10 Å². The molecule has 0 N–H and O–H groups in total. The molecule has 1 aliphatic rings. The number of nitrogens with zero attached hydrogens (tertiary/aromatic N) is 2. The second-order valence-corrected chi connectivity index (χ2v) is 8.33. The Hall–Kier alpha value is -1.40. The van der Waals surface area contributed by atoms with Crippen LogP contribution in [0.1, 0.15) is 31.2 Å². The lowest BCUT2D eigenvalue weighted by atomic mass is 10.2. The summed E-state index contributed by atoms with van der Waals surface area (Å²) < 4.78 is 28.6. The third-order valence-corrected chi connectivity index (χ3v) is 4.72. The normalized spacial score (nSPS) is 17.1. The highest BCUT2D eigenvalue weighted by Gasteiger charge is 2.19. The van der Waals surface area contributed by atoms with Gasteiger partial charge in [-0.3, -0.25) is 4.90 Å². The molecular weight excluding hydrogens is 312 g/mol. The van der Waals surface area contributed by atoms with Gasteiger partial charge in [0, 0.05) is 25.1 Å².